The normalized spacial score (nSPS) is 17.0. The van der Waals surface area contributed by atoms with Gasteiger partial charge in [-0.05, 0) is 42.0 Å². The van der Waals surface area contributed by atoms with Gasteiger partial charge in [-0.25, -0.2) is 14.0 Å². The number of halogens is 4. The predicted molar refractivity (Wildman–Crippen MR) is 114 cm³/mol. The van der Waals surface area contributed by atoms with Gasteiger partial charge in [-0.2, -0.15) is 0 Å². The Hall–Kier alpha value is -4.35. The number of aromatic nitrogens is 1. The Balaban J connectivity index is 1.75. The Labute approximate surface area is 195 Å². The number of urea groups is 1. The number of ether oxygens (including phenoxy) is 2. The smallest absolute Gasteiger partial charge is 0.491 e. The topological polar surface area (TPSA) is 110 Å². The standard InChI is InChI=1S/C23H17F4N3O5/c24-15-12-13(7-8-17(15)35-23(25,26)27)22(9-11-34-18-6-3-10-28-19(18)22)30-21(33)29-16-5-2-1-4-14(16)20(31)32/h1-8,10,12H,9,11H2,(H,31,32)(H2,29,30,33). The molecule has 0 radical (unpaired) electrons. The van der Waals surface area contributed by atoms with Crippen LogP contribution in [0.1, 0.15) is 28.0 Å². The third-order valence-corrected chi connectivity index (χ3v) is 5.29. The molecule has 182 valence electrons. The van der Waals surface area contributed by atoms with Crippen LogP contribution in [0.5, 0.6) is 11.5 Å². The van der Waals surface area contributed by atoms with Crippen molar-refractivity contribution in [3.05, 3.63) is 83.4 Å². The number of hydrogen-bond donors (Lipinski definition) is 3. The van der Waals surface area contributed by atoms with Crippen LogP contribution in [0.3, 0.4) is 0 Å². The van der Waals surface area contributed by atoms with Gasteiger partial charge in [-0.15, -0.1) is 13.2 Å². The van der Waals surface area contributed by atoms with E-state index in [4.69, 9.17) is 4.74 Å². The molecule has 1 aromatic heterocycles. The summed E-state index contributed by atoms with van der Waals surface area (Å²) in [4.78, 5) is 28.8. The van der Waals surface area contributed by atoms with E-state index in [0.717, 1.165) is 12.1 Å². The van der Waals surface area contributed by atoms with Gasteiger partial charge >= 0.3 is 18.4 Å². The van der Waals surface area contributed by atoms with Crippen LogP contribution < -0.4 is 20.1 Å². The number of pyridine rings is 1. The van der Waals surface area contributed by atoms with E-state index in [1.165, 1.54) is 36.5 Å². The van der Waals surface area contributed by atoms with Crippen LogP contribution in [0.15, 0.2) is 60.8 Å². The number of para-hydroxylation sites is 1. The predicted octanol–water partition coefficient (Wildman–Crippen LogP) is 4.67. The molecule has 4 rings (SSSR count). The van der Waals surface area contributed by atoms with Crippen molar-refractivity contribution in [2.45, 2.75) is 18.3 Å². The number of carboxylic acid groups (broad SMARTS) is 1. The van der Waals surface area contributed by atoms with Crippen molar-refractivity contribution in [3.63, 3.8) is 0 Å². The molecule has 12 heteroatoms. The number of amides is 2. The first kappa shape index (κ1) is 23.8. The first-order valence-corrected chi connectivity index (χ1v) is 10.1. The van der Waals surface area contributed by atoms with Crippen molar-refractivity contribution in [1.82, 2.24) is 10.3 Å². The number of benzene rings is 2. The van der Waals surface area contributed by atoms with Crippen LogP contribution in [0, 0.1) is 5.82 Å². The van der Waals surface area contributed by atoms with Gasteiger partial charge in [0, 0.05) is 12.6 Å². The summed E-state index contributed by atoms with van der Waals surface area (Å²) in [5.41, 5.74) is -1.41. The zero-order valence-corrected chi connectivity index (χ0v) is 17.7. The second-order valence-corrected chi connectivity index (χ2v) is 7.48. The number of nitrogens with one attached hydrogen (secondary N) is 2. The molecule has 0 bridgehead atoms. The Morgan fingerprint density at radius 1 is 1.11 bits per heavy atom. The fraction of sp³-hybridized carbons (Fsp3) is 0.174. The van der Waals surface area contributed by atoms with E-state index in [-0.39, 0.29) is 41.3 Å². The van der Waals surface area contributed by atoms with Gasteiger partial charge in [0.05, 0.1) is 17.9 Å². The van der Waals surface area contributed by atoms with E-state index in [2.05, 4.69) is 20.4 Å². The molecule has 2 heterocycles. The fourth-order valence-electron chi connectivity index (χ4n) is 3.83. The second kappa shape index (κ2) is 9.12. The number of alkyl halides is 3. The maximum absolute atomic E-state index is 14.6. The Kier molecular flexibility index (Phi) is 6.20. The minimum Gasteiger partial charge on any atom is -0.491 e. The summed E-state index contributed by atoms with van der Waals surface area (Å²) in [6, 6.07) is 10.8. The van der Waals surface area contributed by atoms with Gasteiger partial charge < -0.3 is 25.2 Å². The lowest BCUT2D eigenvalue weighted by Crippen LogP contribution is -2.51. The number of aromatic carboxylic acids is 1. The van der Waals surface area contributed by atoms with E-state index in [1.807, 2.05) is 0 Å². The molecule has 1 aliphatic rings. The van der Waals surface area contributed by atoms with Gasteiger partial charge in [0.25, 0.3) is 0 Å². The number of carbonyl (C=O) groups is 2. The first-order valence-electron chi connectivity index (χ1n) is 10.1. The average molecular weight is 491 g/mol. The van der Waals surface area contributed by atoms with E-state index in [9.17, 15) is 32.3 Å². The molecule has 2 aromatic carbocycles. The summed E-state index contributed by atoms with van der Waals surface area (Å²) in [7, 11) is 0. The Bertz CT molecular complexity index is 1280. The van der Waals surface area contributed by atoms with Crippen molar-refractivity contribution in [3.8, 4) is 11.5 Å². The monoisotopic (exact) mass is 491 g/mol. The number of hydrogen-bond acceptors (Lipinski definition) is 5. The van der Waals surface area contributed by atoms with Crippen molar-refractivity contribution < 1.29 is 41.7 Å². The molecule has 1 unspecified atom stereocenters. The van der Waals surface area contributed by atoms with Crippen LogP contribution >= 0.6 is 0 Å². The summed E-state index contributed by atoms with van der Waals surface area (Å²) in [6.45, 7) is 0.0626. The highest BCUT2D eigenvalue weighted by molar-refractivity contribution is 6.00. The largest absolute Gasteiger partial charge is 0.573 e. The average Bonchev–Trinajstić information content (AvgIpc) is 2.80. The first-order chi connectivity index (χ1) is 16.6. The van der Waals surface area contributed by atoms with Crippen LogP contribution in [0.4, 0.5) is 28.0 Å². The van der Waals surface area contributed by atoms with Gasteiger partial charge in [0.2, 0.25) is 0 Å². The minimum absolute atomic E-state index is 0.000981. The maximum Gasteiger partial charge on any atom is 0.573 e. The molecular formula is C23H17F4N3O5. The van der Waals surface area contributed by atoms with E-state index in [0.29, 0.717) is 0 Å². The molecule has 8 nitrogen and oxygen atoms in total. The summed E-state index contributed by atoms with van der Waals surface area (Å²) < 4.78 is 61.7. The van der Waals surface area contributed by atoms with Crippen molar-refractivity contribution in [1.29, 1.82) is 0 Å². The number of carboxylic acids is 1. The molecule has 0 aliphatic carbocycles. The number of nitrogens with zero attached hydrogens (tertiary/aromatic N) is 1. The Morgan fingerprint density at radius 2 is 1.89 bits per heavy atom. The molecule has 0 spiro atoms. The third-order valence-electron chi connectivity index (χ3n) is 5.29. The number of anilines is 1. The molecule has 1 aliphatic heterocycles. The van der Waals surface area contributed by atoms with Crippen LogP contribution in [0.2, 0.25) is 0 Å². The highest BCUT2D eigenvalue weighted by atomic mass is 19.4. The van der Waals surface area contributed by atoms with Crippen molar-refractivity contribution in [2.75, 3.05) is 11.9 Å². The number of carbonyl (C=O) groups excluding carboxylic acids is 1. The quantitative estimate of drug-likeness (QED) is 0.448. The highest BCUT2D eigenvalue weighted by Crippen LogP contribution is 2.42. The summed E-state index contributed by atoms with van der Waals surface area (Å²) in [5.74, 6) is -3.33. The molecule has 1 atom stereocenters. The number of rotatable bonds is 5. The number of fused-ring (bicyclic) bond motifs is 1. The van der Waals surface area contributed by atoms with E-state index >= 15 is 0 Å². The molecule has 3 aromatic rings. The Morgan fingerprint density at radius 3 is 2.60 bits per heavy atom. The van der Waals surface area contributed by atoms with Gasteiger partial charge in [0.1, 0.15) is 17.0 Å². The zero-order chi connectivity index (χ0) is 25.2. The zero-order valence-electron chi connectivity index (χ0n) is 17.7. The lowest BCUT2D eigenvalue weighted by molar-refractivity contribution is -0.275. The van der Waals surface area contributed by atoms with Gasteiger partial charge in [0.15, 0.2) is 11.6 Å². The molecule has 3 N–H and O–H groups in total. The van der Waals surface area contributed by atoms with Gasteiger partial charge in [-0.3, -0.25) is 4.98 Å². The fourth-order valence-corrected chi connectivity index (χ4v) is 3.83. The molecule has 2 amide bonds. The lowest BCUT2D eigenvalue weighted by atomic mass is 9.81. The summed E-state index contributed by atoms with van der Waals surface area (Å²) in [6.07, 6.45) is -3.63. The third kappa shape index (κ3) is 4.95. The maximum atomic E-state index is 14.6. The van der Waals surface area contributed by atoms with Crippen LogP contribution in [-0.4, -0.2) is 35.1 Å². The van der Waals surface area contributed by atoms with Crippen LogP contribution in [0.25, 0.3) is 0 Å². The van der Waals surface area contributed by atoms with Crippen molar-refractivity contribution in [2.24, 2.45) is 0 Å². The summed E-state index contributed by atoms with van der Waals surface area (Å²) in [5, 5.41) is 14.5. The minimum atomic E-state index is -5.09. The van der Waals surface area contributed by atoms with E-state index in [1.54, 1.807) is 12.1 Å². The van der Waals surface area contributed by atoms with Crippen LogP contribution in [-0.2, 0) is 5.54 Å². The molecule has 35 heavy (non-hydrogen) atoms. The van der Waals surface area contributed by atoms with E-state index < -0.39 is 35.5 Å². The molecular weight excluding hydrogens is 474 g/mol. The summed E-state index contributed by atoms with van der Waals surface area (Å²) >= 11 is 0. The van der Waals surface area contributed by atoms with Crippen molar-refractivity contribution >= 4 is 17.7 Å². The van der Waals surface area contributed by atoms with Gasteiger partial charge in [-0.1, -0.05) is 18.2 Å². The molecule has 0 fully saturated rings. The second-order valence-electron chi connectivity index (χ2n) is 7.48. The highest BCUT2D eigenvalue weighted by Gasteiger charge is 2.43. The lowest BCUT2D eigenvalue weighted by Gasteiger charge is -2.39. The molecule has 0 saturated carbocycles. The SMILES string of the molecule is O=C(Nc1ccccc1C(=O)O)NC1(c2ccc(OC(F)(F)F)c(F)c2)CCOc2cccnc21. The molecule has 0 saturated heterocycles.